The molecular formula is C16H13N3O3. The molecule has 1 aromatic heterocycles. The molecule has 1 amide bonds. The summed E-state index contributed by atoms with van der Waals surface area (Å²) in [6.45, 7) is 1.05. The summed E-state index contributed by atoms with van der Waals surface area (Å²) in [4.78, 5) is 12.4. The summed E-state index contributed by atoms with van der Waals surface area (Å²) in [5, 5.41) is 7.86. The number of anilines is 1. The molecule has 0 aliphatic carbocycles. The van der Waals surface area contributed by atoms with Crippen molar-refractivity contribution in [3.63, 3.8) is 0 Å². The number of amides is 1. The molecule has 6 heteroatoms. The normalized spacial score (nSPS) is 13.1. The lowest BCUT2D eigenvalue weighted by Gasteiger charge is -2.19. The van der Waals surface area contributed by atoms with Gasteiger partial charge in [-0.05, 0) is 18.2 Å². The van der Waals surface area contributed by atoms with Crippen LogP contribution < -0.4 is 14.8 Å². The van der Waals surface area contributed by atoms with Crippen molar-refractivity contribution in [2.75, 3.05) is 18.5 Å². The molecule has 0 saturated carbocycles. The van der Waals surface area contributed by atoms with Crippen molar-refractivity contribution in [2.45, 2.75) is 0 Å². The Labute approximate surface area is 126 Å². The van der Waals surface area contributed by atoms with E-state index < -0.39 is 0 Å². The van der Waals surface area contributed by atoms with Crippen LogP contribution in [0.25, 0.3) is 10.9 Å². The van der Waals surface area contributed by atoms with E-state index in [9.17, 15) is 4.79 Å². The standard InChI is InChI=1S/C16H13N3O3/c20-16(19-13-4-2-1-3-11(13)10-17-19)18-12-5-6-14-15(9-12)22-8-7-21-14/h1-6,9-10H,7-8H2,(H,18,20). The number of nitrogens with one attached hydrogen (secondary N) is 1. The first-order valence-electron chi connectivity index (χ1n) is 6.95. The van der Waals surface area contributed by atoms with Gasteiger partial charge in [-0.3, -0.25) is 0 Å². The number of hydrogen-bond acceptors (Lipinski definition) is 4. The molecule has 4 rings (SSSR count). The molecule has 0 atom stereocenters. The van der Waals surface area contributed by atoms with Crippen LogP contribution in [0.3, 0.4) is 0 Å². The zero-order valence-corrected chi connectivity index (χ0v) is 11.7. The van der Waals surface area contributed by atoms with Gasteiger partial charge in [-0.15, -0.1) is 0 Å². The third-order valence-electron chi connectivity index (χ3n) is 3.46. The molecule has 0 spiro atoms. The molecule has 1 aliphatic rings. The van der Waals surface area contributed by atoms with E-state index in [1.54, 1.807) is 24.4 Å². The van der Waals surface area contributed by atoms with E-state index in [1.165, 1.54) is 4.68 Å². The van der Waals surface area contributed by atoms with Gasteiger partial charge in [-0.25, -0.2) is 4.79 Å². The Morgan fingerprint density at radius 2 is 1.91 bits per heavy atom. The largest absolute Gasteiger partial charge is 0.486 e. The van der Waals surface area contributed by atoms with Gasteiger partial charge < -0.3 is 14.8 Å². The second-order valence-electron chi connectivity index (χ2n) is 4.90. The zero-order chi connectivity index (χ0) is 14.9. The van der Waals surface area contributed by atoms with E-state index in [0.29, 0.717) is 30.4 Å². The number of fused-ring (bicyclic) bond motifs is 2. The van der Waals surface area contributed by atoms with Crippen LogP contribution >= 0.6 is 0 Å². The van der Waals surface area contributed by atoms with Crippen LogP contribution in [0, 0.1) is 0 Å². The molecule has 0 radical (unpaired) electrons. The monoisotopic (exact) mass is 295 g/mol. The van der Waals surface area contributed by atoms with E-state index >= 15 is 0 Å². The minimum absolute atomic E-state index is 0.321. The maximum Gasteiger partial charge on any atom is 0.347 e. The van der Waals surface area contributed by atoms with Gasteiger partial charge >= 0.3 is 6.03 Å². The van der Waals surface area contributed by atoms with Gasteiger partial charge in [0, 0.05) is 17.1 Å². The van der Waals surface area contributed by atoms with Crippen LogP contribution in [0.15, 0.2) is 48.7 Å². The Hall–Kier alpha value is -3.02. The van der Waals surface area contributed by atoms with Crippen LogP contribution in [0.4, 0.5) is 10.5 Å². The van der Waals surface area contributed by atoms with Gasteiger partial charge in [-0.1, -0.05) is 18.2 Å². The van der Waals surface area contributed by atoms with Crippen molar-refractivity contribution in [3.05, 3.63) is 48.7 Å². The Balaban J connectivity index is 1.62. The Kier molecular flexibility index (Phi) is 2.93. The molecular weight excluding hydrogens is 282 g/mol. The summed E-state index contributed by atoms with van der Waals surface area (Å²) < 4.78 is 12.3. The predicted octanol–water partition coefficient (Wildman–Crippen LogP) is 2.89. The van der Waals surface area contributed by atoms with Gasteiger partial charge in [0.05, 0.1) is 11.7 Å². The van der Waals surface area contributed by atoms with Crippen molar-refractivity contribution in [2.24, 2.45) is 0 Å². The second kappa shape index (κ2) is 5.07. The quantitative estimate of drug-likeness (QED) is 0.749. The van der Waals surface area contributed by atoms with E-state index in [4.69, 9.17) is 9.47 Å². The van der Waals surface area contributed by atoms with Gasteiger partial charge in [-0.2, -0.15) is 9.78 Å². The fourth-order valence-electron chi connectivity index (χ4n) is 2.43. The van der Waals surface area contributed by atoms with Gasteiger partial charge in [0.25, 0.3) is 0 Å². The summed E-state index contributed by atoms with van der Waals surface area (Å²) in [5.41, 5.74) is 1.39. The Morgan fingerprint density at radius 3 is 2.82 bits per heavy atom. The molecule has 110 valence electrons. The first kappa shape index (κ1) is 12.7. The molecule has 0 saturated heterocycles. The maximum atomic E-state index is 12.4. The average molecular weight is 295 g/mol. The van der Waals surface area contributed by atoms with E-state index in [1.807, 2.05) is 24.3 Å². The molecule has 0 fully saturated rings. The third-order valence-corrected chi connectivity index (χ3v) is 3.46. The number of carbonyl (C=O) groups is 1. The Morgan fingerprint density at radius 1 is 1.09 bits per heavy atom. The molecule has 1 aliphatic heterocycles. The lowest BCUT2D eigenvalue weighted by Crippen LogP contribution is -2.21. The van der Waals surface area contributed by atoms with Crippen molar-refractivity contribution < 1.29 is 14.3 Å². The highest BCUT2D eigenvalue weighted by Gasteiger charge is 2.14. The topological polar surface area (TPSA) is 65.4 Å². The van der Waals surface area contributed by atoms with Gasteiger partial charge in [0.2, 0.25) is 0 Å². The van der Waals surface area contributed by atoms with Crippen molar-refractivity contribution in [3.8, 4) is 11.5 Å². The number of benzene rings is 2. The molecule has 3 aromatic rings. The number of para-hydroxylation sites is 1. The molecule has 2 aromatic carbocycles. The number of rotatable bonds is 1. The second-order valence-corrected chi connectivity index (χ2v) is 4.90. The first-order valence-corrected chi connectivity index (χ1v) is 6.95. The lowest BCUT2D eigenvalue weighted by atomic mass is 10.2. The van der Waals surface area contributed by atoms with Crippen molar-refractivity contribution in [1.29, 1.82) is 0 Å². The lowest BCUT2D eigenvalue weighted by molar-refractivity contribution is 0.171. The van der Waals surface area contributed by atoms with Crippen LogP contribution in [-0.2, 0) is 0 Å². The highest BCUT2D eigenvalue weighted by molar-refractivity contribution is 5.97. The number of carbonyl (C=O) groups excluding carboxylic acids is 1. The minimum Gasteiger partial charge on any atom is -0.486 e. The highest BCUT2D eigenvalue weighted by Crippen LogP contribution is 2.32. The van der Waals surface area contributed by atoms with Gasteiger partial charge in [0.1, 0.15) is 13.2 Å². The predicted molar refractivity (Wildman–Crippen MR) is 81.6 cm³/mol. The summed E-state index contributed by atoms with van der Waals surface area (Å²) in [7, 11) is 0. The van der Waals surface area contributed by atoms with E-state index in [2.05, 4.69) is 10.4 Å². The fourth-order valence-corrected chi connectivity index (χ4v) is 2.43. The number of aromatic nitrogens is 2. The zero-order valence-electron chi connectivity index (χ0n) is 11.7. The van der Waals surface area contributed by atoms with E-state index in [0.717, 1.165) is 10.9 Å². The smallest absolute Gasteiger partial charge is 0.347 e. The highest BCUT2D eigenvalue weighted by atomic mass is 16.6. The molecule has 0 unspecified atom stereocenters. The first-order chi connectivity index (χ1) is 10.8. The molecule has 0 bridgehead atoms. The molecule has 6 nitrogen and oxygen atoms in total. The minimum atomic E-state index is -0.321. The molecule has 22 heavy (non-hydrogen) atoms. The molecule has 1 N–H and O–H groups in total. The molecule has 2 heterocycles. The number of hydrogen-bond donors (Lipinski definition) is 1. The number of nitrogens with zero attached hydrogens (tertiary/aromatic N) is 2. The van der Waals surface area contributed by atoms with Gasteiger partial charge in [0.15, 0.2) is 11.5 Å². The Bertz CT molecular complexity index is 857. The van der Waals surface area contributed by atoms with Crippen LogP contribution in [0.5, 0.6) is 11.5 Å². The van der Waals surface area contributed by atoms with Crippen LogP contribution in [0.1, 0.15) is 0 Å². The van der Waals surface area contributed by atoms with E-state index in [-0.39, 0.29) is 6.03 Å². The van der Waals surface area contributed by atoms with Crippen LogP contribution in [-0.4, -0.2) is 29.0 Å². The maximum absolute atomic E-state index is 12.4. The van der Waals surface area contributed by atoms with Crippen LogP contribution in [0.2, 0.25) is 0 Å². The fraction of sp³-hybridized carbons (Fsp3) is 0.125. The summed E-state index contributed by atoms with van der Waals surface area (Å²) in [5.74, 6) is 1.32. The number of ether oxygens (including phenoxy) is 2. The summed E-state index contributed by atoms with van der Waals surface area (Å²) >= 11 is 0. The summed E-state index contributed by atoms with van der Waals surface area (Å²) in [6.07, 6.45) is 1.67. The average Bonchev–Trinajstić information content (AvgIpc) is 2.99. The third kappa shape index (κ3) is 2.14. The van der Waals surface area contributed by atoms with Crippen molar-refractivity contribution >= 4 is 22.6 Å². The van der Waals surface area contributed by atoms with Crippen molar-refractivity contribution in [1.82, 2.24) is 9.78 Å². The SMILES string of the molecule is O=C(Nc1ccc2c(c1)OCCO2)n1ncc2ccccc21. The summed E-state index contributed by atoms with van der Waals surface area (Å²) in [6, 6.07) is 12.5.